The van der Waals surface area contributed by atoms with Gasteiger partial charge in [0, 0.05) is 14.6 Å². The van der Waals surface area contributed by atoms with Gasteiger partial charge in [-0.3, -0.25) is 0 Å². The summed E-state index contributed by atoms with van der Waals surface area (Å²) in [6.45, 7) is 7.54. The lowest BCUT2D eigenvalue weighted by Crippen LogP contribution is -2.22. The third-order valence-corrected chi connectivity index (χ3v) is 5.30. The summed E-state index contributed by atoms with van der Waals surface area (Å²) in [6.07, 6.45) is 1.13. The van der Waals surface area contributed by atoms with Crippen molar-refractivity contribution < 1.29 is 0 Å². The van der Waals surface area contributed by atoms with Crippen LogP contribution >= 0.6 is 34.3 Å². The summed E-state index contributed by atoms with van der Waals surface area (Å²) in [7, 11) is 0. The molecule has 0 radical (unpaired) electrons. The molecule has 0 saturated carbocycles. The Balaban J connectivity index is 2.37. The van der Waals surface area contributed by atoms with Crippen molar-refractivity contribution in [1.29, 1.82) is 0 Å². The second kappa shape index (κ2) is 6.20. The standard InChI is InChI=1S/C14H18ClNS2/c1-4-6-16-13(14-12(15)5-7-17-14)11-8-9(2)18-10(11)3/h5,7-8,13,16H,4,6H2,1-3H3. The first-order chi connectivity index (χ1) is 8.63. The van der Waals surface area contributed by atoms with Crippen LogP contribution in [0.3, 0.4) is 0 Å². The topological polar surface area (TPSA) is 12.0 Å². The van der Waals surface area contributed by atoms with Crippen LogP contribution in [0.2, 0.25) is 5.02 Å². The molecular weight excluding hydrogens is 282 g/mol. The molecule has 0 aliphatic carbocycles. The average Bonchev–Trinajstić information content (AvgIpc) is 2.87. The van der Waals surface area contributed by atoms with Gasteiger partial charge in [0.1, 0.15) is 0 Å². The minimum absolute atomic E-state index is 0.238. The van der Waals surface area contributed by atoms with Gasteiger partial charge >= 0.3 is 0 Å². The van der Waals surface area contributed by atoms with Gasteiger partial charge in [-0.15, -0.1) is 22.7 Å². The summed E-state index contributed by atoms with van der Waals surface area (Å²) >= 11 is 9.88. The lowest BCUT2D eigenvalue weighted by atomic mass is 10.1. The molecule has 1 atom stereocenters. The molecule has 2 aromatic heterocycles. The monoisotopic (exact) mass is 299 g/mol. The molecule has 0 saturated heterocycles. The van der Waals surface area contributed by atoms with Crippen molar-refractivity contribution in [2.45, 2.75) is 33.2 Å². The predicted molar refractivity (Wildman–Crippen MR) is 83.3 cm³/mol. The first-order valence-corrected chi connectivity index (χ1v) is 8.24. The van der Waals surface area contributed by atoms with Crippen LogP contribution in [0.5, 0.6) is 0 Å². The molecule has 2 aromatic rings. The zero-order chi connectivity index (χ0) is 13.1. The van der Waals surface area contributed by atoms with Crippen molar-refractivity contribution in [3.63, 3.8) is 0 Å². The van der Waals surface area contributed by atoms with E-state index in [2.05, 4.69) is 37.5 Å². The highest BCUT2D eigenvalue weighted by molar-refractivity contribution is 7.12. The van der Waals surface area contributed by atoms with Crippen LogP contribution in [0.1, 0.15) is 39.6 Å². The molecule has 1 nitrogen and oxygen atoms in total. The van der Waals surface area contributed by atoms with Gasteiger partial charge in [-0.1, -0.05) is 18.5 Å². The second-order valence-corrected chi connectivity index (χ2v) is 7.20. The van der Waals surface area contributed by atoms with Gasteiger partial charge in [0.2, 0.25) is 0 Å². The highest BCUT2D eigenvalue weighted by Gasteiger charge is 2.20. The van der Waals surface area contributed by atoms with E-state index in [0.717, 1.165) is 18.0 Å². The normalized spacial score (nSPS) is 12.9. The highest BCUT2D eigenvalue weighted by atomic mass is 35.5. The number of nitrogens with one attached hydrogen (secondary N) is 1. The summed E-state index contributed by atoms with van der Waals surface area (Å²) < 4.78 is 0. The van der Waals surface area contributed by atoms with E-state index < -0.39 is 0 Å². The fourth-order valence-electron chi connectivity index (χ4n) is 2.08. The van der Waals surface area contributed by atoms with Crippen molar-refractivity contribution in [2.75, 3.05) is 6.54 Å². The molecule has 0 aliphatic heterocycles. The molecule has 2 heterocycles. The van der Waals surface area contributed by atoms with E-state index in [0.29, 0.717) is 0 Å². The lowest BCUT2D eigenvalue weighted by Gasteiger charge is -2.18. The van der Waals surface area contributed by atoms with Gasteiger partial charge in [-0.05, 0) is 49.9 Å². The van der Waals surface area contributed by atoms with E-state index in [1.807, 2.05) is 17.4 Å². The molecule has 0 aliphatic rings. The third-order valence-electron chi connectivity index (χ3n) is 2.90. The summed E-state index contributed by atoms with van der Waals surface area (Å²) in [6, 6.07) is 4.50. The molecule has 0 spiro atoms. The first-order valence-electron chi connectivity index (χ1n) is 6.16. The quantitative estimate of drug-likeness (QED) is 0.803. The SMILES string of the molecule is CCCNC(c1cc(C)sc1C)c1sccc1Cl. The molecule has 4 heteroatoms. The van der Waals surface area contributed by atoms with Gasteiger partial charge in [-0.2, -0.15) is 0 Å². The van der Waals surface area contributed by atoms with Crippen LogP contribution in [0.15, 0.2) is 17.5 Å². The Hall–Kier alpha value is -0.350. The molecule has 0 bridgehead atoms. The van der Waals surface area contributed by atoms with Gasteiger partial charge in [0.25, 0.3) is 0 Å². The van der Waals surface area contributed by atoms with Crippen LogP contribution in [0.4, 0.5) is 0 Å². The first kappa shape index (κ1) is 14.1. The third kappa shape index (κ3) is 2.97. The predicted octanol–water partition coefficient (Wildman–Crippen LogP) is 5.17. The molecule has 0 amide bonds. The Bertz CT molecular complexity index is 516. The Morgan fingerprint density at radius 2 is 2.17 bits per heavy atom. The molecule has 0 aromatic carbocycles. The largest absolute Gasteiger partial charge is 0.306 e. The maximum absolute atomic E-state index is 6.30. The minimum atomic E-state index is 0.238. The molecule has 2 rings (SSSR count). The van der Waals surface area contributed by atoms with Gasteiger partial charge < -0.3 is 5.32 Å². The van der Waals surface area contributed by atoms with E-state index in [1.165, 1.54) is 20.2 Å². The minimum Gasteiger partial charge on any atom is -0.306 e. The van der Waals surface area contributed by atoms with Crippen LogP contribution < -0.4 is 5.32 Å². The summed E-state index contributed by atoms with van der Waals surface area (Å²) in [4.78, 5) is 3.97. The van der Waals surface area contributed by atoms with E-state index in [1.54, 1.807) is 11.3 Å². The van der Waals surface area contributed by atoms with Crippen molar-refractivity contribution in [3.8, 4) is 0 Å². The molecule has 0 fully saturated rings. The highest BCUT2D eigenvalue weighted by Crippen LogP contribution is 2.36. The number of rotatable bonds is 5. The van der Waals surface area contributed by atoms with Gasteiger partial charge in [-0.25, -0.2) is 0 Å². The Labute approximate surface area is 122 Å². The van der Waals surface area contributed by atoms with Crippen molar-refractivity contribution >= 4 is 34.3 Å². The maximum atomic E-state index is 6.30. The fourth-order valence-corrected chi connectivity index (χ4v) is 4.30. The molecular formula is C14H18ClNS2. The van der Waals surface area contributed by atoms with Crippen LogP contribution in [0, 0.1) is 13.8 Å². The number of thiophene rings is 2. The average molecular weight is 300 g/mol. The van der Waals surface area contributed by atoms with E-state index in [9.17, 15) is 0 Å². The van der Waals surface area contributed by atoms with Crippen molar-refractivity contribution in [2.24, 2.45) is 0 Å². The number of hydrogen-bond donors (Lipinski definition) is 1. The van der Waals surface area contributed by atoms with Gasteiger partial charge in [0.15, 0.2) is 0 Å². The number of hydrogen-bond acceptors (Lipinski definition) is 3. The van der Waals surface area contributed by atoms with Crippen LogP contribution in [-0.4, -0.2) is 6.54 Å². The zero-order valence-corrected chi connectivity index (χ0v) is 13.3. The summed E-state index contributed by atoms with van der Waals surface area (Å²) in [5.74, 6) is 0. The second-order valence-electron chi connectivity index (χ2n) is 4.39. The maximum Gasteiger partial charge on any atom is 0.0696 e. The van der Waals surface area contributed by atoms with E-state index in [4.69, 9.17) is 11.6 Å². The molecule has 1 unspecified atom stereocenters. The smallest absolute Gasteiger partial charge is 0.0696 e. The zero-order valence-electron chi connectivity index (χ0n) is 10.9. The molecule has 18 heavy (non-hydrogen) atoms. The summed E-state index contributed by atoms with van der Waals surface area (Å²) in [5.41, 5.74) is 1.37. The Morgan fingerprint density at radius 3 is 2.67 bits per heavy atom. The summed E-state index contributed by atoms with van der Waals surface area (Å²) in [5, 5.41) is 6.55. The molecule has 1 N–H and O–H groups in total. The van der Waals surface area contributed by atoms with E-state index >= 15 is 0 Å². The van der Waals surface area contributed by atoms with Crippen molar-refractivity contribution in [3.05, 3.63) is 42.7 Å². The van der Waals surface area contributed by atoms with Gasteiger partial charge in [0.05, 0.1) is 11.1 Å². The molecule has 98 valence electrons. The Morgan fingerprint density at radius 1 is 1.39 bits per heavy atom. The number of aryl methyl sites for hydroxylation is 2. The Kier molecular flexibility index (Phi) is 4.84. The fraction of sp³-hybridized carbons (Fsp3) is 0.429. The van der Waals surface area contributed by atoms with Crippen molar-refractivity contribution in [1.82, 2.24) is 5.32 Å². The van der Waals surface area contributed by atoms with Crippen LogP contribution in [-0.2, 0) is 0 Å². The van der Waals surface area contributed by atoms with E-state index in [-0.39, 0.29) is 6.04 Å². The number of halogens is 1. The lowest BCUT2D eigenvalue weighted by molar-refractivity contribution is 0.605. The van der Waals surface area contributed by atoms with Crippen LogP contribution in [0.25, 0.3) is 0 Å².